The van der Waals surface area contributed by atoms with Crippen LogP contribution in [-0.4, -0.2) is 47.2 Å². The number of pyridine rings is 1. The Morgan fingerprint density at radius 3 is 2.80 bits per heavy atom. The van der Waals surface area contributed by atoms with Gasteiger partial charge in [-0.1, -0.05) is 23.4 Å². The third-order valence-corrected chi connectivity index (χ3v) is 5.37. The van der Waals surface area contributed by atoms with Crippen LogP contribution in [-0.2, 0) is 14.1 Å². The van der Waals surface area contributed by atoms with Gasteiger partial charge in [0.25, 0.3) is 0 Å². The zero-order valence-corrected chi connectivity index (χ0v) is 20.7. The zero-order chi connectivity index (χ0) is 24.9. The quantitative estimate of drug-likeness (QED) is 0.298. The van der Waals surface area contributed by atoms with Crippen molar-refractivity contribution in [1.29, 1.82) is 0 Å². The number of hydrogen-bond acceptors (Lipinski definition) is 8. The Morgan fingerprint density at radius 2 is 2.06 bits per heavy atom. The maximum absolute atomic E-state index is 6.25. The molecule has 0 aliphatic rings. The van der Waals surface area contributed by atoms with Crippen LogP contribution < -0.4 is 15.8 Å². The summed E-state index contributed by atoms with van der Waals surface area (Å²) in [6.07, 6.45) is 7.42. The first kappa shape index (κ1) is 24.0. The monoisotopic (exact) mass is 491 g/mol. The molecule has 35 heavy (non-hydrogen) atoms. The minimum absolute atomic E-state index is 0.126. The van der Waals surface area contributed by atoms with E-state index < -0.39 is 0 Å². The normalized spacial score (nSPS) is 11.6. The number of aromatic nitrogens is 7. The van der Waals surface area contributed by atoms with Gasteiger partial charge in [0.2, 0.25) is 5.88 Å². The van der Waals surface area contributed by atoms with Crippen molar-refractivity contribution in [1.82, 2.24) is 34.5 Å². The van der Waals surface area contributed by atoms with Crippen LogP contribution >= 0.6 is 11.6 Å². The molecule has 0 bridgehead atoms. The SMILES string of the molecule is Cc1nn(C)c(O[C@@H](C)CCNc2cc(Cl)ncc2C#Cc2cnn(C)c2)c1-c1nccc(N)n1. The number of nitrogens with two attached hydrogens (primary N) is 1. The van der Waals surface area contributed by atoms with Crippen LogP contribution in [0.4, 0.5) is 11.5 Å². The fourth-order valence-corrected chi connectivity index (χ4v) is 3.64. The fraction of sp³-hybridized carbons (Fsp3) is 0.292. The molecule has 0 spiro atoms. The van der Waals surface area contributed by atoms with E-state index in [1.807, 2.05) is 34.1 Å². The first-order valence-corrected chi connectivity index (χ1v) is 11.4. The maximum atomic E-state index is 6.25. The smallest absolute Gasteiger partial charge is 0.223 e. The summed E-state index contributed by atoms with van der Waals surface area (Å²) < 4.78 is 9.65. The standard InChI is InChI=1S/C24H26ClN9O/c1-15(35-24-22(16(2)32-34(24)4)23-28-10-8-21(26)31-23)7-9-27-19-11-20(25)29-13-18(19)6-5-17-12-30-33(3)14-17/h8,10-15H,7,9H2,1-4H3,(H,27,29)(H2,26,28,31)/t15-/m0/s1. The number of halogens is 1. The van der Waals surface area contributed by atoms with Gasteiger partial charge in [0, 0.05) is 45.7 Å². The molecule has 0 amide bonds. The summed E-state index contributed by atoms with van der Waals surface area (Å²) in [7, 11) is 3.68. The third kappa shape index (κ3) is 5.88. The summed E-state index contributed by atoms with van der Waals surface area (Å²) in [4.78, 5) is 12.8. The van der Waals surface area contributed by atoms with E-state index >= 15 is 0 Å². The Hall–Kier alpha value is -4.10. The lowest BCUT2D eigenvalue weighted by molar-refractivity contribution is 0.198. The average Bonchev–Trinajstić information content (AvgIpc) is 3.34. The molecule has 0 aromatic carbocycles. The van der Waals surface area contributed by atoms with Crippen molar-refractivity contribution in [2.75, 3.05) is 17.6 Å². The van der Waals surface area contributed by atoms with E-state index in [4.69, 9.17) is 22.1 Å². The fourth-order valence-electron chi connectivity index (χ4n) is 3.48. The molecule has 3 N–H and O–H groups in total. The Morgan fingerprint density at radius 1 is 1.23 bits per heavy atom. The first-order chi connectivity index (χ1) is 16.8. The highest BCUT2D eigenvalue weighted by Gasteiger charge is 2.21. The van der Waals surface area contributed by atoms with Gasteiger partial charge in [-0.15, -0.1) is 0 Å². The molecule has 4 aromatic heterocycles. The van der Waals surface area contributed by atoms with Crippen molar-refractivity contribution in [3.8, 4) is 29.1 Å². The van der Waals surface area contributed by atoms with Crippen molar-refractivity contribution >= 4 is 23.1 Å². The number of aryl methyl sites for hydroxylation is 3. The van der Waals surface area contributed by atoms with Crippen LogP contribution in [0, 0.1) is 18.8 Å². The predicted octanol–water partition coefficient (Wildman–Crippen LogP) is 3.22. The number of nitrogens with zero attached hydrogens (tertiary/aromatic N) is 7. The van der Waals surface area contributed by atoms with Gasteiger partial charge in [-0.05, 0) is 26.0 Å². The molecule has 10 nitrogen and oxygen atoms in total. The van der Waals surface area contributed by atoms with Gasteiger partial charge in [0.1, 0.15) is 16.5 Å². The molecular weight excluding hydrogens is 466 g/mol. The molecule has 0 aliphatic carbocycles. The summed E-state index contributed by atoms with van der Waals surface area (Å²) in [6.45, 7) is 4.52. The second-order valence-electron chi connectivity index (χ2n) is 8.04. The van der Waals surface area contributed by atoms with Gasteiger partial charge in [-0.25, -0.2) is 19.6 Å². The molecule has 4 rings (SSSR count). The van der Waals surface area contributed by atoms with E-state index in [0.717, 1.165) is 28.1 Å². The molecule has 0 saturated carbocycles. The highest BCUT2D eigenvalue weighted by atomic mass is 35.5. The molecule has 4 aromatic rings. The van der Waals surface area contributed by atoms with E-state index in [1.165, 1.54) is 0 Å². The van der Waals surface area contributed by atoms with Crippen LogP contribution in [0.3, 0.4) is 0 Å². The largest absolute Gasteiger partial charge is 0.474 e. The molecule has 0 saturated heterocycles. The predicted molar refractivity (Wildman–Crippen MR) is 135 cm³/mol. The summed E-state index contributed by atoms with van der Waals surface area (Å²) >= 11 is 6.12. The lowest BCUT2D eigenvalue weighted by atomic mass is 10.2. The van der Waals surface area contributed by atoms with Gasteiger partial charge < -0.3 is 15.8 Å². The Balaban J connectivity index is 1.43. The van der Waals surface area contributed by atoms with Crippen LogP contribution in [0.5, 0.6) is 5.88 Å². The zero-order valence-electron chi connectivity index (χ0n) is 19.9. The number of rotatable bonds is 7. The first-order valence-electron chi connectivity index (χ1n) is 11.0. The third-order valence-electron chi connectivity index (χ3n) is 5.17. The van der Waals surface area contributed by atoms with Crippen molar-refractivity contribution in [3.63, 3.8) is 0 Å². The Kier molecular flexibility index (Phi) is 7.17. The molecule has 1 atom stereocenters. The Labute approximate surface area is 208 Å². The van der Waals surface area contributed by atoms with Gasteiger partial charge >= 0.3 is 0 Å². The summed E-state index contributed by atoms with van der Waals surface area (Å²) in [5.41, 5.74) is 9.72. The van der Waals surface area contributed by atoms with Crippen LogP contribution in [0.15, 0.2) is 36.9 Å². The van der Waals surface area contributed by atoms with Crippen LogP contribution in [0.25, 0.3) is 11.4 Å². The van der Waals surface area contributed by atoms with Crippen molar-refractivity contribution < 1.29 is 4.74 Å². The molecule has 0 aliphatic heterocycles. The summed E-state index contributed by atoms with van der Waals surface area (Å²) in [5, 5.41) is 12.4. The van der Waals surface area contributed by atoms with Crippen molar-refractivity contribution in [3.05, 3.63) is 58.9 Å². The van der Waals surface area contributed by atoms with Crippen molar-refractivity contribution in [2.24, 2.45) is 14.1 Å². The summed E-state index contributed by atoms with van der Waals surface area (Å²) in [6, 6.07) is 3.41. The summed E-state index contributed by atoms with van der Waals surface area (Å²) in [5.74, 6) is 7.70. The molecule has 180 valence electrons. The van der Waals surface area contributed by atoms with Gasteiger partial charge in [-0.3, -0.25) is 4.68 Å². The highest BCUT2D eigenvalue weighted by Crippen LogP contribution is 2.31. The topological polar surface area (TPSA) is 122 Å². The number of nitrogens with one attached hydrogen (secondary N) is 1. The second-order valence-corrected chi connectivity index (χ2v) is 8.43. The van der Waals surface area contributed by atoms with E-state index in [-0.39, 0.29) is 6.10 Å². The van der Waals surface area contributed by atoms with E-state index in [9.17, 15) is 0 Å². The minimum Gasteiger partial charge on any atom is -0.474 e. The van der Waals surface area contributed by atoms with Gasteiger partial charge in [0.15, 0.2) is 5.82 Å². The number of nitrogen functional groups attached to an aromatic ring is 1. The number of hydrogen-bond donors (Lipinski definition) is 2. The molecule has 11 heteroatoms. The molecule has 0 radical (unpaired) electrons. The molecular formula is C24H26ClN9O. The van der Waals surface area contributed by atoms with E-state index in [2.05, 4.69) is 42.3 Å². The maximum Gasteiger partial charge on any atom is 0.223 e. The lowest BCUT2D eigenvalue weighted by Crippen LogP contribution is -2.19. The second kappa shape index (κ2) is 10.4. The number of ether oxygens (including phenoxy) is 1. The van der Waals surface area contributed by atoms with Crippen LogP contribution in [0.1, 0.15) is 30.2 Å². The number of anilines is 2. The Bertz CT molecular complexity index is 1400. The highest BCUT2D eigenvalue weighted by molar-refractivity contribution is 6.29. The van der Waals surface area contributed by atoms with E-state index in [0.29, 0.717) is 35.6 Å². The van der Waals surface area contributed by atoms with Gasteiger partial charge in [-0.2, -0.15) is 10.2 Å². The van der Waals surface area contributed by atoms with E-state index in [1.54, 1.807) is 40.1 Å². The lowest BCUT2D eigenvalue weighted by Gasteiger charge is -2.17. The van der Waals surface area contributed by atoms with Crippen LogP contribution in [0.2, 0.25) is 5.15 Å². The minimum atomic E-state index is -0.126. The molecule has 4 heterocycles. The average molecular weight is 492 g/mol. The van der Waals surface area contributed by atoms with Crippen molar-refractivity contribution in [2.45, 2.75) is 26.4 Å². The molecule has 0 unspecified atom stereocenters. The molecule has 0 fully saturated rings. The van der Waals surface area contributed by atoms with Gasteiger partial charge in [0.05, 0.1) is 34.8 Å².